The number of carbonyl (C=O) groups is 1. The lowest BCUT2D eigenvalue weighted by Crippen LogP contribution is -2.39. The third-order valence-electron chi connectivity index (χ3n) is 5.16. The zero-order chi connectivity index (χ0) is 24.6. The van der Waals surface area contributed by atoms with E-state index in [1.807, 2.05) is 0 Å². The fourth-order valence-corrected chi connectivity index (χ4v) is 3.30. The fraction of sp³-hybridized carbons (Fsp3) is 0.273. The van der Waals surface area contributed by atoms with Crippen LogP contribution in [0.5, 0.6) is 0 Å². The number of rotatable bonds is 6. The van der Waals surface area contributed by atoms with Crippen molar-refractivity contribution in [1.82, 2.24) is 15.0 Å². The van der Waals surface area contributed by atoms with Crippen LogP contribution in [0.4, 0.5) is 17.6 Å². The summed E-state index contributed by atoms with van der Waals surface area (Å²) in [7, 11) is 0. The van der Waals surface area contributed by atoms with Crippen molar-refractivity contribution in [2.45, 2.75) is 32.9 Å². The average molecular weight is 502 g/mol. The lowest BCUT2D eigenvalue weighted by Gasteiger charge is -2.26. The number of ketones is 1. The molecule has 0 bridgehead atoms. The number of benzene rings is 2. The van der Waals surface area contributed by atoms with Crippen molar-refractivity contribution >= 4 is 29.0 Å². The quantitative estimate of drug-likeness (QED) is 0.418. The zero-order valence-corrected chi connectivity index (χ0v) is 18.9. The molecule has 0 aliphatic carbocycles. The van der Waals surface area contributed by atoms with Crippen molar-refractivity contribution in [3.63, 3.8) is 0 Å². The maximum atomic E-state index is 13.5. The number of halogens is 6. The number of nitrogens with one attached hydrogen (secondary N) is 1. The predicted molar refractivity (Wildman–Crippen MR) is 117 cm³/mol. The Labute approximate surface area is 195 Å². The van der Waals surface area contributed by atoms with Gasteiger partial charge in [-0.15, -0.1) is 0 Å². The van der Waals surface area contributed by atoms with Gasteiger partial charge < -0.3 is 0 Å². The highest BCUT2D eigenvalue weighted by Crippen LogP contribution is 2.39. The van der Waals surface area contributed by atoms with E-state index in [0.717, 1.165) is 19.9 Å². The highest BCUT2D eigenvalue weighted by molar-refractivity contribution is 6.33. The van der Waals surface area contributed by atoms with Crippen LogP contribution in [0.3, 0.4) is 0 Å². The molecule has 0 atom stereocenters. The van der Waals surface area contributed by atoms with Crippen LogP contribution >= 0.6 is 23.2 Å². The molecule has 1 heterocycles. The van der Waals surface area contributed by atoms with Crippen LogP contribution < -0.4 is 5.69 Å². The van der Waals surface area contributed by atoms with E-state index < -0.39 is 28.9 Å². The summed E-state index contributed by atoms with van der Waals surface area (Å²) in [6, 6.07) is 8.30. The third-order valence-corrected chi connectivity index (χ3v) is 5.78. The normalized spacial score (nSPS) is 12.1. The maximum absolute atomic E-state index is 13.5. The fourth-order valence-electron chi connectivity index (χ4n) is 2.91. The van der Waals surface area contributed by atoms with Crippen LogP contribution in [-0.4, -0.2) is 26.9 Å². The maximum Gasteiger partial charge on any atom is 0.400 e. The summed E-state index contributed by atoms with van der Waals surface area (Å²) >= 11 is 12.0. The van der Waals surface area contributed by atoms with Crippen molar-refractivity contribution in [3.8, 4) is 22.8 Å². The average Bonchev–Trinajstić information content (AvgIpc) is 2.73. The van der Waals surface area contributed by atoms with Gasteiger partial charge in [0.05, 0.1) is 10.0 Å². The largest absolute Gasteiger partial charge is 0.400 e. The number of carbonyl (C=O) groups excluding carboxylic acids is 1. The molecular weight excluding hydrogens is 485 g/mol. The minimum Gasteiger partial charge on any atom is -0.299 e. The first-order chi connectivity index (χ1) is 15.3. The molecule has 2 aromatic carbocycles. The summed E-state index contributed by atoms with van der Waals surface area (Å²) in [6.07, 6.45) is -4.97. The number of hydrogen-bond acceptors (Lipinski definition) is 4. The monoisotopic (exact) mass is 501 g/mol. The van der Waals surface area contributed by atoms with E-state index in [1.165, 1.54) is 24.3 Å². The van der Waals surface area contributed by atoms with E-state index in [2.05, 4.69) is 15.0 Å². The van der Waals surface area contributed by atoms with E-state index in [9.17, 15) is 27.2 Å². The molecule has 0 amide bonds. The Kier molecular flexibility index (Phi) is 6.95. The predicted octanol–water partition coefficient (Wildman–Crippen LogP) is 6.04. The standard InChI is InChI=1S/C22H17Cl2F4N3O2/c1-21(2,22(26,27)28)17(32)8-4-11-3-6-14(23)13(9-11)19-29-18(30-20(33)31-19)12-5-7-16(25)15(24)10-12/h3,5-7,9-10H,4,8H2,1-2H3,(H,29,30,31,33). The summed E-state index contributed by atoms with van der Waals surface area (Å²) in [5, 5.41) is 0.0301. The summed E-state index contributed by atoms with van der Waals surface area (Å²) in [6.45, 7) is 1.69. The van der Waals surface area contributed by atoms with E-state index in [1.54, 1.807) is 6.07 Å². The molecule has 0 unspecified atom stereocenters. The van der Waals surface area contributed by atoms with Crippen molar-refractivity contribution in [3.05, 3.63) is 68.3 Å². The number of alkyl halides is 3. The number of H-pyrrole nitrogens is 1. The molecule has 5 nitrogen and oxygen atoms in total. The Morgan fingerprint density at radius 1 is 1.03 bits per heavy atom. The van der Waals surface area contributed by atoms with Crippen molar-refractivity contribution in [2.75, 3.05) is 0 Å². The topological polar surface area (TPSA) is 75.7 Å². The van der Waals surface area contributed by atoms with Crippen LogP contribution in [0.2, 0.25) is 10.0 Å². The van der Waals surface area contributed by atoms with Gasteiger partial charge in [0.25, 0.3) is 0 Å². The smallest absolute Gasteiger partial charge is 0.299 e. The lowest BCUT2D eigenvalue weighted by molar-refractivity contribution is -0.210. The highest BCUT2D eigenvalue weighted by atomic mass is 35.5. The van der Waals surface area contributed by atoms with E-state index in [0.29, 0.717) is 11.1 Å². The number of aryl methyl sites for hydroxylation is 1. The molecular formula is C22H17Cl2F4N3O2. The van der Waals surface area contributed by atoms with E-state index in [-0.39, 0.29) is 40.1 Å². The number of aromatic amines is 1. The van der Waals surface area contributed by atoms with Gasteiger partial charge in [0.2, 0.25) is 0 Å². The second-order valence-electron chi connectivity index (χ2n) is 7.81. The van der Waals surface area contributed by atoms with Gasteiger partial charge in [0, 0.05) is 17.5 Å². The summed E-state index contributed by atoms with van der Waals surface area (Å²) in [5.41, 5.74) is -2.12. The molecule has 11 heteroatoms. The first-order valence-electron chi connectivity index (χ1n) is 9.62. The molecule has 0 radical (unpaired) electrons. The Balaban J connectivity index is 1.92. The molecule has 174 valence electrons. The molecule has 1 aromatic heterocycles. The molecule has 0 aliphatic rings. The summed E-state index contributed by atoms with van der Waals surface area (Å²) < 4.78 is 52.7. The molecule has 0 saturated heterocycles. The molecule has 0 spiro atoms. The number of hydrogen-bond donors (Lipinski definition) is 1. The van der Waals surface area contributed by atoms with Gasteiger partial charge in [0.15, 0.2) is 5.82 Å². The molecule has 0 saturated carbocycles. The van der Waals surface area contributed by atoms with Crippen LogP contribution in [0, 0.1) is 11.2 Å². The third kappa shape index (κ3) is 5.42. The SMILES string of the molecule is CC(C)(C(=O)CCc1ccc(Cl)c(-c2nc(-c3ccc(F)c(Cl)c3)nc(=O)[nH]2)c1)C(F)(F)F. The first kappa shape index (κ1) is 24.9. The van der Waals surface area contributed by atoms with Crippen molar-refractivity contribution < 1.29 is 22.4 Å². The molecule has 0 aliphatic heterocycles. The minimum atomic E-state index is -4.66. The van der Waals surface area contributed by atoms with Crippen LogP contribution in [0.25, 0.3) is 22.8 Å². The second kappa shape index (κ2) is 9.23. The van der Waals surface area contributed by atoms with Crippen molar-refractivity contribution in [2.24, 2.45) is 5.41 Å². The van der Waals surface area contributed by atoms with Crippen LogP contribution in [-0.2, 0) is 11.2 Å². The summed E-state index contributed by atoms with van der Waals surface area (Å²) in [5.74, 6) is -1.58. The Hall–Kier alpha value is -2.78. The van der Waals surface area contributed by atoms with Gasteiger partial charge in [-0.2, -0.15) is 18.2 Å². The number of nitrogens with zero attached hydrogens (tertiary/aromatic N) is 2. The molecule has 33 heavy (non-hydrogen) atoms. The highest BCUT2D eigenvalue weighted by Gasteiger charge is 2.51. The van der Waals surface area contributed by atoms with Gasteiger partial charge in [0.1, 0.15) is 22.8 Å². The Bertz CT molecular complexity index is 1270. The van der Waals surface area contributed by atoms with Gasteiger partial charge in [-0.1, -0.05) is 29.3 Å². The second-order valence-corrected chi connectivity index (χ2v) is 8.63. The zero-order valence-electron chi connectivity index (χ0n) is 17.4. The first-order valence-corrected chi connectivity index (χ1v) is 10.4. The molecule has 3 aromatic rings. The van der Waals surface area contributed by atoms with Gasteiger partial charge in [-0.25, -0.2) is 14.2 Å². The van der Waals surface area contributed by atoms with Gasteiger partial charge in [-0.05, 0) is 56.2 Å². The molecule has 0 fully saturated rings. The Morgan fingerprint density at radius 3 is 2.36 bits per heavy atom. The van der Waals surface area contributed by atoms with E-state index in [4.69, 9.17) is 23.2 Å². The minimum absolute atomic E-state index is 0.0260. The lowest BCUT2D eigenvalue weighted by atomic mass is 9.84. The molecule has 1 N–H and O–H groups in total. The van der Waals surface area contributed by atoms with Gasteiger partial charge >= 0.3 is 11.9 Å². The van der Waals surface area contributed by atoms with Crippen LogP contribution in [0.15, 0.2) is 41.2 Å². The molecule has 3 rings (SSSR count). The van der Waals surface area contributed by atoms with Gasteiger partial charge in [-0.3, -0.25) is 9.78 Å². The van der Waals surface area contributed by atoms with E-state index >= 15 is 0 Å². The van der Waals surface area contributed by atoms with Crippen molar-refractivity contribution in [1.29, 1.82) is 0 Å². The summed E-state index contributed by atoms with van der Waals surface area (Å²) in [4.78, 5) is 34.8. The Morgan fingerprint density at radius 2 is 1.73 bits per heavy atom. The van der Waals surface area contributed by atoms with Crippen LogP contribution in [0.1, 0.15) is 25.8 Å². The number of Topliss-reactive ketones (excluding diaryl/α,β-unsaturated/α-hetero) is 1. The number of aromatic nitrogens is 3.